The van der Waals surface area contributed by atoms with Gasteiger partial charge in [-0.05, 0) is 81.6 Å². The Labute approximate surface area is 129 Å². The van der Waals surface area contributed by atoms with Gasteiger partial charge in [-0.25, -0.2) is 0 Å². The summed E-state index contributed by atoms with van der Waals surface area (Å²) < 4.78 is 5.53. The van der Waals surface area contributed by atoms with Crippen molar-refractivity contribution in [3.05, 3.63) is 0 Å². The standard InChI is InChI=1S/C18H32N2O/c1-20(11-13-2-4-21-5-3-13)18(12-19)16-7-14-6-15(9-16)10-17(18)8-14/h13-17H,2-12,19H2,1H3. The number of likely N-dealkylation sites (N-methyl/N-ethyl adjacent to an activating group) is 1. The molecule has 1 heterocycles. The van der Waals surface area contributed by atoms with Gasteiger partial charge in [-0.1, -0.05) is 0 Å². The molecule has 0 aromatic carbocycles. The first-order valence-corrected chi connectivity index (χ1v) is 9.21. The first-order valence-electron chi connectivity index (χ1n) is 9.21. The largest absolute Gasteiger partial charge is 0.381 e. The third-order valence-electron chi connectivity index (χ3n) is 7.46. The topological polar surface area (TPSA) is 38.5 Å². The Hall–Kier alpha value is -0.120. The minimum atomic E-state index is 0.325. The summed E-state index contributed by atoms with van der Waals surface area (Å²) in [4.78, 5) is 2.72. The van der Waals surface area contributed by atoms with Crippen LogP contribution in [0.3, 0.4) is 0 Å². The number of nitrogens with zero attached hydrogens (tertiary/aromatic N) is 1. The van der Waals surface area contributed by atoms with E-state index in [1.54, 1.807) is 0 Å². The molecule has 4 bridgehead atoms. The highest BCUT2D eigenvalue weighted by Crippen LogP contribution is 2.59. The predicted octanol–water partition coefficient (Wildman–Crippen LogP) is 2.50. The molecule has 3 heteroatoms. The van der Waals surface area contributed by atoms with Crippen LogP contribution < -0.4 is 5.73 Å². The van der Waals surface area contributed by atoms with Crippen LogP contribution >= 0.6 is 0 Å². The van der Waals surface area contributed by atoms with Crippen molar-refractivity contribution in [3.63, 3.8) is 0 Å². The Morgan fingerprint density at radius 3 is 2.10 bits per heavy atom. The minimum Gasteiger partial charge on any atom is -0.381 e. The van der Waals surface area contributed by atoms with Gasteiger partial charge in [0.25, 0.3) is 0 Å². The lowest BCUT2D eigenvalue weighted by Gasteiger charge is -2.64. The van der Waals surface area contributed by atoms with Crippen molar-refractivity contribution < 1.29 is 4.74 Å². The number of hydrogen-bond acceptors (Lipinski definition) is 3. The van der Waals surface area contributed by atoms with Gasteiger partial charge in [-0.15, -0.1) is 0 Å². The van der Waals surface area contributed by atoms with Crippen LogP contribution in [0.4, 0.5) is 0 Å². The lowest BCUT2D eigenvalue weighted by atomic mass is 9.48. The smallest absolute Gasteiger partial charge is 0.0469 e. The van der Waals surface area contributed by atoms with Gasteiger partial charge in [-0.3, -0.25) is 4.90 Å². The molecule has 4 saturated carbocycles. The molecule has 2 N–H and O–H groups in total. The average Bonchev–Trinajstić information content (AvgIpc) is 2.48. The number of rotatable bonds is 4. The summed E-state index contributed by atoms with van der Waals surface area (Å²) in [5.74, 6) is 4.64. The second-order valence-electron chi connectivity index (χ2n) is 8.44. The Morgan fingerprint density at radius 1 is 1.00 bits per heavy atom. The van der Waals surface area contributed by atoms with E-state index in [2.05, 4.69) is 11.9 Å². The second-order valence-corrected chi connectivity index (χ2v) is 8.44. The van der Waals surface area contributed by atoms with Gasteiger partial charge in [0.05, 0.1) is 0 Å². The van der Waals surface area contributed by atoms with E-state index in [4.69, 9.17) is 10.5 Å². The minimum absolute atomic E-state index is 0.325. The zero-order chi connectivity index (χ0) is 14.4. The van der Waals surface area contributed by atoms with Crippen molar-refractivity contribution in [2.75, 3.05) is 33.4 Å². The molecule has 0 radical (unpaired) electrons. The van der Waals surface area contributed by atoms with Crippen LogP contribution in [0.1, 0.15) is 44.9 Å². The summed E-state index contributed by atoms with van der Waals surface area (Å²) in [6.07, 6.45) is 9.85. The highest BCUT2D eigenvalue weighted by Gasteiger charge is 2.58. The number of nitrogens with two attached hydrogens (primary N) is 1. The fourth-order valence-corrected chi connectivity index (χ4v) is 6.60. The first kappa shape index (κ1) is 14.5. The fraction of sp³-hybridized carbons (Fsp3) is 1.00. The van der Waals surface area contributed by atoms with E-state index in [0.29, 0.717) is 5.54 Å². The van der Waals surface area contributed by atoms with E-state index in [1.165, 1.54) is 51.5 Å². The van der Waals surface area contributed by atoms with Crippen LogP contribution in [-0.2, 0) is 4.74 Å². The molecule has 0 amide bonds. The SMILES string of the molecule is CN(CC1CCOCC1)C1(CN)C2CC3CC(C2)CC1C3. The van der Waals surface area contributed by atoms with E-state index < -0.39 is 0 Å². The van der Waals surface area contributed by atoms with Gasteiger partial charge < -0.3 is 10.5 Å². The summed E-state index contributed by atoms with van der Waals surface area (Å²) in [5.41, 5.74) is 6.75. The third-order valence-corrected chi connectivity index (χ3v) is 7.46. The normalized spacial score (nSPS) is 46.4. The Bertz CT molecular complexity index is 349. The van der Waals surface area contributed by atoms with E-state index in [0.717, 1.165) is 49.3 Å². The average molecular weight is 292 g/mol. The van der Waals surface area contributed by atoms with E-state index in [1.807, 2.05) is 0 Å². The number of ether oxygens (including phenoxy) is 1. The summed E-state index contributed by atoms with van der Waals surface area (Å²) in [7, 11) is 2.38. The summed E-state index contributed by atoms with van der Waals surface area (Å²) in [6, 6.07) is 0. The molecule has 0 spiro atoms. The van der Waals surface area contributed by atoms with Crippen molar-refractivity contribution in [1.82, 2.24) is 4.90 Å². The highest BCUT2D eigenvalue weighted by molar-refractivity contribution is 5.12. The fourth-order valence-electron chi connectivity index (χ4n) is 6.60. The zero-order valence-corrected chi connectivity index (χ0v) is 13.6. The molecule has 4 aliphatic carbocycles. The van der Waals surface area contributed by atoms with Gasteiger partial charge in [-0.2, -0.15) is 0 Å². The lowest BCUT2D eigenvalue weighted by Crippen LogP contribution is -2.69. The van der Waals surface area contributed by atoms with Crippen LogP contribution in [0.15, 0.2) is 0 Å². The molecule has 0 unspecified atom stereocenters. The molecule has 5 rings (SSSR count). The molecular weight excluding hydrogens is 260 g/mol. The van der Waals surface area contributed by atoms with Gasteiger partial charge >= 0.3 is 0 Å². The molecule has 120 valence electrons. The molecule has 21 heavy (non-hydrogen) atoms. The quantitative estimate of drug-likeness (QED) is 0.865. The van der Waals surface area contributed by atoms with Crippen molar-refractivity contribution in [3.8, 4) is 0 Å². The zero-order valence-electron chi connectivity index (χ0n) is 13.6. The van der Waals surface area contributed by atoms with Crippen molar-refractivity contribution in [1.29, 1.82) is 0 Å². The lowest BCUT2D eigenvalue weighted by molar-refractivity contribution is -0.128. The molecule has 3 nitrogen and oxygen atoms in total. The van der Waals surface area contributed by atoms with Crippen LogP contribution in [0.5, 0.6) is 0 Å². The molecular formula is C18H32N2O. The molecule has 0 aromatic heterocycles. The molecule has 0 aromatic rings. The second kappa shape index (κ2) is 5.50. The Kier molecular flexibility index (Phi) is 3.79. The highest BCUT2D eigenvalue weighted by atomic mass is 16.5. The molecule has 5 aliphatic rings. The summed E-state index contributed by atoms with van der Waals surface area (Å²) in [5, 5.41) is 0. The first-order chi connectivity index (χ1) is 10.2. The molecule has 0 atom stereocenters. The van der Waals surface area contributed by atoms with Crippen molar-refractivity contribution >= 4 is 0 Å². The van der Waals surface area contributed by atoms with Crippen molar-refractivity contribution in [2.45, 2.75) is 50.5 Å². The molecule has 1 saturated heterocycles. The van der Waals surface area contributed by atoms with Gasteiger partial charge in [0, 0.05) is 31.8 Å². The van der Waals surface area contributed by atoms with Crippen LogP contribution in [0, 0.1) is 29.6 Å². The maximum Gasteiger partial charge on any atom is 0.0469 e. The van der Waals surface area contributed by atoms with Gasteiger partial charge in [0.2, 0.25) is 0 Å². The Morgan fingerprint density at radius 2 is 1.57 bits per heavy atom. The monoisotopic (exact) mass is 292 g/mol. The van der Waals surface area contributed by atoms with E-state index in [-0.39, 0.29) is 0 Å². The Balaban J connectivity index is 1.52. The summed E-state index contributed by atoms with van der Waals surface area (Å²) >= 11 is 0. The molecule has 5 fully saturated rings. The third kappa shape index (κ3) is 2.27. The summed E-state index contributed by atoms with van der Waals surface area (Å²) in [6.45, 7) is 4.04. The number of hydrogen-bond donors (Lipinski definition) is 1. The van der Waals surface area contributed by atoms with Crippen molar-refractivity contribution in [2.24, 2.45) is 35.3 Å². The van der Waals surface area contributed by atoms with E-state index in [9.17, 15) is 0 Å². The van der Waals surface area contributed by atoms with Gasteiger partial charge in [0.15, 0.2) is 0 Å². The molecule has 1 aliphatic heterocycles. The van der Waals surface area contributed by atoms with Crippen LogP contribution in [0.2, 0.25) is 0 Å². The van der Waals surface area contributed by atoms with E-state index >= 15 is 0 Å². The van der Waals surface area contributed by atoms with Crippen LogP contribution in [-0.4, -0.2) is 43.8 Å². The maximum atomic E-state index is 6.43. The maximum absolute atomic E-state index is 6.43. The predicted molar refractivity (Wildman–Crippen MR) is 85.0 cm³/mol. The van der Waals surface area contributed by atoms with Gasteiger partial charge in [0.1, 0.15) is 0 Å². The van der Waals surface area contributed by atoms with Crippen LogP contribution in [0.25, 0.3) is 0 Å².